The SMILES string of the molecule is O=C(NC1CCC2(CC1)CCN(C(=O)c1c(F)ccc(O)c1F)CC2)c1ccc(OCC2CC2)cc1F. The quantitative estimate of drug-likeness (QED) is 0.554. The lowest BCUT2D eigenvalue weighted by Crippen LogP contribution is -2.47. The van der Waals surface area contributed by atoms with Crippen molar-refractivity contribution in [2.45, 2.75) is 57.4 Å². The summed E-state index contributed by atoms with van der Waals surface area (Å²) < 4.78 is 48.4. The molecule has 198 valence electrons. The van der Waals surface area contributed by atoms with Gasteiger partial charge in [-0.05, 0) is 87.0 Å². The molecule has 2 N–H and O–H groups in total. The topological polar surface area (TPSA) is 78.9 Å². The monoisotopic (exact) mass is 516 g/mol. The molecule has 1 heterocycles. The number of halogens is 3. The van der Waals surface area contributed by atoms with E-state index >= 15 is 0 Å². The zero-order valence-electron chi connectivity index (χ0n) is 20.6. The fraction of sp³-hybridized carbons (Fsp3) is 0.500. The van der Waals surface area contributed by atoms with Crippen molar-refractivity contribution < 1.29 is 32.6 Å². The van der Waals surface area contributed by atoms with Gasteiger partial charge in [0, 0.05) is 25.2 Å². The number of carbonyl (C=O) groups excluding carboxylic acids is 2. The summed E-state index contributed by atoms with van der Waals surface area (Å²) in [6.45, 7) is 1.31. The van der Waals surface area contributed by atoms with Crippen LogP contribution in [0.5, 0.6) is 11.5 Å². The summed E-state index contributed by atoms with van der Waals surface area (Å²) >= 11 is 0. The van der Waals surface area contributed by atoms with E-state index in [1.54, 1.807) is 6.07 Å². The van der Waals surface area contributed by atoms with Crippen LogP contribution in [0.15, 0.2) is 30.3 Å². The second kappa shape index (κ2) is 10.3. The lowest BCUT2D eigenvalue weighted by molar-refractivity contribution is 0.0418. The van der Waals surface area contributed by atoms with Crippen LogP contribution in [0.2, 0.25) is 0 Å². The normalized spacial score (nSPS) is 19.6. The third-order valence-electron chi connectivity index (χ3n) is 8.15. The minimum absolute atomic E-state index is 0.000279. The van der Waals surface area contributed by atoms with E-state index in [-0.39, 0.29) is 17.0 Å². The first-order valence-electron chi connectivity index (χ1n) is 12.9. The van der Waals surface area contributed by atoms with Crippen LogP contribution >= 0.6 is 0 Å². The van der Waals surface area contributed by atoms with Crippen LogP contribution in [-0.2, 0) is 0 Å². The molecule has 3 fully saturated rings. The highest BCUT2D eigenvalue weighted by Crippen LogP contribution is 2.45. The number of benzene rings is 2. The Morgan fingerprint density at radius 1 is 0.973 bits per heavy atom. The maximum Gasteiger partial charge on any atom is 0.259 e. The van der Waals surface area contributed by atoms with Gasteiger partial charge in [0.15, 0.2) is 11.6 Å². The molecule has 1 aliphatic heterocycles. The Balaban J connectivity index is 1.12. The molecule has 2 aromatic rings. The summed E-state index contributed by atoms with van der Waals surface area (Å²) in [7, 11) is 0. The minimum atomic E-state index is -1.24. The van der Waals surface area contributed by atoms with Crippen molar-refractivity contribution in [2.24, 2.45) is 11.3 Å². The Morgan fingerprint density at radius 3 is 2.32 bits per heavy atom. The Bertz CT molecular complexity index is 1180. The number of phenolic OH excluding ortho intramolecular Hbond substituents is 1. The largest absolute Gasteiger partial charge is 0.505 e. The number of piperidine rings is 1. The van der Waals surface area contributed by atoms with Gasteiger partial charge in [-0.15, -0.1) is 0 Å². The van der Waals surface area contributed by atoms with Crippen molar-refractivity contribution in [3.8, 4) is 11.5 Å². The van der Waals surface area contributed by atoms with Gasteiger partial charge in [-0.2, -0.15) is 0 Å². The third kappa shape index (κ3) is 5.55. The van der Waals surface area contributed by atoms with E-state index in [1.807, 2.05) is 0 Å². The smallest absolute Gasteiger partial charge is 0.259 e. The van der Waals surface area contributed by atoms with Crippen LogP contribution < -0.4 is 10.1 Å². The molecule has 6 nitrogen and oxygen atoms in total. The van der Waals surface area contributed by atoms with Gasteiger partial charge in [0.2, 0.25) is 0 Å². The zero-order valence-corrected chi connectivity index (χ0v) is 20.6. The first-order valence-corrected chi connectivity index (χ1v) is 12.9. The molecule has 2 saturated carbocycles. The van der Waals surface area contributed by atoms with Gasteiger partial charge in [-0.1, -0.05) is 0 Å². The number of ether oxygens (including phenoxy) is 1. The number of nitrogens with one attached hydrogen (secondary N) is 1. The van der Waals surface area contributed by atoms with E-state index in [0.717, 1.165) is 50.7 Å². The number of hydrogen-bond donors (Lipinski definition) is 2. The lowest BCUT2D eigenvalue weighted by Gasteiger charge is -2.46. The van der Waals surface area contributed by atoms with Gasteiger partial charge in [0.05, 0.1) is 12.2 Å². The van der Waals surface area contributed by atoms with Crippen LogP contribution in [0.3, 0.4) is 0 Å². The molecule has 0 bridgehead atoms. The molecule has 1 spiro atoms. The average Bonchev–Trinajstić information content (AvgIpc) is 3.72. The second-order valence-corrected chi connectivity index (χ2v) is 10.7. The van der Waals surface area contributed by atoms with Crippen molar-refractivity contribution in [1.29, 1.82) is 0 Å². The first-order chi connectivity index (χ1) is 17.7. The predicted molar refractivity (Wildman–Crippen MR) is 130 cm³/mol. The molecule has 37 heavy (non-hydrogen) atoms. The highest BCUT2D eigenvalue weighted by atomic mass is 19.1. The molecule has 0 atom stereocenters. The first kappa shape index (κ1) is 25.4. The van der Waals surface area contributed by atoms with Crippen molar-refractivity contribution in [3.63, 3.8) is 0 Å². The van der Waals surface area contributed by atoms with Gasteiger partial charge in [0.1, 0.15) is 22.9 Å². The molecular formula is C28H31F3N2O4. The Kier molecular flexibility index (Phi) is 7.05. The molecule has 2 aromatic carbocycles. The van der Waals surface area contributed by atoms with E-state index in [1.165, 1.54) is 17.0 Å². The van der Waals surface area contributed by atoms with Crippen LogP contribution in [0.1, 0.15) is 72.1 Å². The number of rotatable bonds is 6. The molecule has 0 unspecified atom stereocenters. The number of likely N-dealkylation sites (tertiary alicyclic amines) is 1. The number of phenols is 1. The van der Waals surface area contributed by atoms with Crippen LogP contribution in [0, 0.1) is 28.8 Å². The maximum atomic E-state index is 14.5. The zero-order chi connectivity index (χ0) is 26.2. The molecule has 9 heteroatoms. The Morgan fingerprint density at radius 2 is 1.68 bits per heavy atom. The van der Waals surface area contributed by atoms with Crippen LogP contribution in [-0.4, -0.2) is 47.6 Å². The predicted octanol–water partition coefficient (Wildman–Crippen LogP) is 5.19. The lowest BCUT2D eigenvalue weighted by atomic mass is 9.67. The average molecular weight is 517 g/mol. The fourth-order valence-corrected chi connectivity index (χ4v) is 5.49. The molecule has 5 rings (SSSR count). The summed E-state index contributed by atoms with van der Waals surface area (Å²) in [5.74, 6) is -3.80. The van der Waals surface area contributed by atoms with Crippen molar-refractivity contribution in [1.82, 2.24) is 10.2 Å². The molecular weight excluding hydrogens is 485 g/mol. The van der Waals surface area contributed by atoms with Gasteiger partial charge in [-0.3, -0.25) is 9.59 Å². The number of amides is 2. The minimum Gasteiger partial charge on any atom is -0.505 e. The summed E-state index contributed by atoms with van der Waals surface area (Å²) in [5.41, 5.74) is -0.728. The summed E-state index contributed by atoms with van der Waals surface area (Å²) in [4.78, 5) is 26.9. The van der Waals surface area contributed by atoms with Crippen molar-refractivity contribution in [3.05, 3.63) is 58.9 Å². The van der Waals surface area contributed by atoms with Gasteiger partial charge < -0.3 is 20.1 Å². The highest BCUT2D eigenvalue weighted by Gasteiger charge is 2.40. The molecule has 1 saturated heterocycles. The van der Waals surface area contributed by atoms with Gasteiger partial charge in [-0.25, -0.2) is 13.2 Å². The fourth-order valence-electron chi connectivity index (χ4n) is 5.49. The summed E-state index contributed by atoms with van der Waals surface area (Å²) in [6, 6.07) is 6.05. The molecule has 2 aliphatic carbocycles. The molecule has 3 aliphatic rings. The Labute approximate surface area is 213 Å². The van der Waals surface area contributed by atoms with Gasteiger partial charge >= 0.3 is 0 Å². The van der Waals surface area contributed by atoms with E-state index in [4.69, 9.17) is 4.74 Å². The number of nitrogens with zero attached hydrogens (tertiary/aromatic N) is 1. The van der Waals surface area contributed by atoms with Gasteiger partial charge in [0.25, 0.3) is 11.8 Å². The van der Waals surface area contributed by atoms with E-state index in [0.29, 0.717) is 44.2 Å². The van der Waals surface area contributed by atoms with Crippen molar-refractivity contribution in [2.75, 3.05) is 19.7 Å². The van der Waals surface area contributed by atoms with Crippen LogP contribution in [0.4, 0.5) is 13.2 Å². The van der Waals surface area contributed by atoms with E-state index in [2.05, 4.69) is 5.32 Å². The summed E-state index contributed by atoms with van der Waals surface area (Å²) in [5, 5.41) is 12.5. The van der Waals surface area contributed by atoms with Crippen molar-refractivity contribution >= 4 is 11.8 Å². The maximum absolute atomic E-state index is 14.5. The number of hydrogen-bond acceptors (Lipinski definition) is 4. The second-order valence-electron chi connectivity index (χ2n) is 10.7. The number of carbonyl (C=O) groups is 2. The molecule has 2 amide bonds. The van der Waals surface area contributed by atoms with Crippen LogP contribution in [0.25, 0.3) is 0 Å². The standard InChI is InChI=1S/C28H31F3N2O4/c29-21-5-6-23(34)25(31)24(21)27(36)33-13-11-28(12-14-33)9-7-18(8-10-28)32-26(35)20-4-3-19(15-22(20)30)37-16-17-1-2-17/h3-6,15,17-18,34H,1-2,7-14,16H2,(H,32,35). The van der Waals surface area contributed by atoms with E-state index in [9.17, 15) is 27.9 Å². The highest BCUT2D eigenvalue weighted by molar-refractivity contribution is 5.95. The Hall–Kier alpha value is -3.23. The third-order valence-corrected chi connectivity index (χ3v) is 8.15. The molecule has 0 aromatic heterocycles. The number of aromatic hydroxyl groups is 1. The molecule has 0 radical (unpaired) electrons. The van der Waals surface area contributed by atoms with E-state index < -0.39 is 40.6 Å². The summed E-state index contributed by atoms with van der Waals surface area (Å²) in [6.07, 6.45) is 6.81.